The lowest BCUT2D eigenvalue weighted by atomic mass is 10.3. The number of ether oxygens (including phenoxy) is 1. The van der Waals surface area contributed by atoms with Crippen LogP contribution in [0.5, 0.6) is 0 Å². The van der Waals surface area contributed by atoms with Crippen LogP contribution in [0.2, 0.25) is 0 Å². The topological polar surface area (TPSA) is 50.3 Å². The van der Waals surface area contributed by atoms with Crippen molar-refractivity contribution in [1.29, 1.82) is 0 Å². The molecule has 2 rings (SSSR count). The van der Waals surface area contributed by atoms with E-state index in [1.165, 1.54) is 0 Å². The summed E-state index contributed by atoms with van der Waals surface area (Å²) in [6.07, 6.45) is 4.99. The van der Waals surface area contributed by atoms with Crippen molar-refractivity contribution in [3.8, 4) is 0 Å². The molecule has 1 aliphatic rings. The number of hydrogen-bond donors (Lipinski definition) is 1. The van der Waals surface area contributed by atoms with Crippen LogP contribution in [-0.4, -0.2) is 42.8 Å². The molecule has 0 spiro atoms. The Morgan fingerprint density at radius 1 is 1.47 bits per heavy atom. The lowest BCUT2D eigenvalue weighted by Gasteiger charge is -2.22. The highest BCUT2D eigenvalue weighted by Crippen LogP contribution is 2.14. The molecular formula is C12H20N4O. The maximum atomic E-state index is 5.62. The summed E-state index contributed by atoms with van der Waals surface area (Å²) in [4.78, 5) is 11.1. The lowest BCUT2D eigenvalue weighted by molar-refractivity contribution is 0.0820. The quantitative estimate of drug-likeness (QED) is 0.841. The number of aromatic nitrogens is 2. The Morgan fingerprint density at radius 3 is 3.06 bits per heavy atom. The summed E-state index contributed by atoms with van der Waals surface area (Å²) in [7, 11) is 1.91. The molecule has 94 valence electrons. The third kappa shape index (κ3) is 3.38. The zero-order chi connectivity index (χ0) is 12.1. The van der Waals surface area contributed by atoms with Crippen molar-refractivity contribution in [1.82, 2.24) is 15.3 Å². The number of anilines is 1. The highest BCUT2D eigenvalue weighted by Gasteiger charge is 2.16. The summed E-state index contributed by atoms with van der Waals surface area (Å²) in [6, 6.07) is 0. The maximum absolute atomic E-state index is 5.62. The van der Waals surface area contributed by atoms with Crippen LogP contribution in [0.15, 0.2) is 12.4 Å². The van der Waals surface area contributed by atoms with Gasteiger partial charge >= 0.3 is 0 Å². The fraction of sp³-hybridized carbons (Fsp3) is 0.667. The molecule has 17 heavy (non-hydrogen) atoms. The molecular weight excluding hydrogens is 216 g/mol. The molecule has 0 saturated carbocycles. The minimum Gasteiger partial charge on any atom is -0.377 e. The first-order valence-electron chi connectivity index (χ1n) is 6.11. The number of nitrogens with zero attached hydrogens (tertiary/aromatic N) is 3. The third-order valence-electron chi connectivity index (χ3n) is 2.83. The normalized spacial score (nSPS) is 21.3. The average molecular weight is 236 g/mol. The van der Waals surface area contributed by atoms with E-state index in [0.717, 1.165) is 44.2 Å². The van der Waals surface area contributed by atoms with Crippen LogP contribution < -0.4 is 10.2 Å². The van der Waals surface area contributed by atoms with Gasteiger partial charge in [-0.25, -0.2) is 4.98 Å². The van der Waals surface area contributed by atoms with Crippen LogP contribution in [0.4, 0.5) is 5.82 Å². The SMILES string of the molecule is CNCc1cnc(N2CCCOC(C)C2)cn1. The van der Waals surface area contributed by atoms with Crippen LogP contribution in [-0.2, 0) is 11.3 Å². The van der Waals surface area contributed by atoms with Gasteiger partial charge in [0.05, 0.1) is 24.2 Å². The highest BCUT2D eigenvalue weighted by atomic mass is 16.5. The molecule has 0 radical (unpaired) electrons. The molecule has 5 heteroatoms. The van der Waals surface area contributed by atoms with Gasteiger partial charge in [0.15, 0.2) is 0 Å². The van der Waals surface area contributed by atoms with Crippen molar-refractivity contribution in [3.05, 3.63) is 18.1 Å². The lowest BCUT2D eigenvalue weighted by Crippen LogP contribution is -2.31. The summed E-state index contributed by atoms with van der Waals surface area (Å²) >= 11 is 0. The molecule has 1 aromatic rings. The molecule has 0 amide bonds. The first kappa shape index (κ1) is 12.3. The van der Waals surface area contributed by atoms with Crippen molar-refractivity contribution in [3.63, 3.8) is 0 Å². The van der Waals surface area contributed by atoms with E-state index < -0.39 is 0 Å². The van der Waals surface area contributed by atoms with E-state index in [2.05, 4.69) is 27.1 Å². The van der Waals surface area contributed by atoms with E-state index in [1.807, 2.05) is 19.4 Å². The fourth-order valence-corrected chi connectivity index (χ4v) is 1.99. The molecule has 1 unspecified atom stereocenters. The summed E-state index contributed by atoms with van der Waals surface area (Å²) in [5.41, 5.74) is 0.968. The molecule has 2 heterocycles. The molecule has 1 aliphatic heterocycles. The number of rotatable bonds is 3. The van der Waals surface area contributed by atoms with Gasteiger partial charge in [-0.15, -0.1) is 0 Å². The van der Waals surface area contributed by atoms with Gasteiger partial charge in [-0.1, -0.05) is 0 Å². The van der Waals surface area contributed by atoms with Crippen LogP contribution in [0, 0.1) is 0 Å². The maximum Gasteiger partial charge on any atom is 0.147 e. The van der Waals surface area contributed by atoms with Crippen LogP contribution >= 0.6 is 0 Å². The summed E-state index contributed by atoms with van der Waals surface area (Å²) in [5, 5.41) is 3.06. The Bertz CT molecular complexity index is 341. The van der Waals surface area contributed by atoms with Crippen molar-refractivity contribution in [2.75, 3.05) is 31.6 Å². The van der Waals surface area contributed by atoms with Gasteiger partial charge in [0, 0.05) is 26.2 Å². The van der Waals surface area contributed by atoms with Gasteiger partial charge in [-0.2, -0.15) is 0 Å². The first-order valence-corrected chi connectivity index (χ1v) is 6.11. The van der Waals surface area contributed by atoms with Crippen LogP contribution in [0.1, 0.15) is 19.0 Å². The minimum atomic E-state index is 0.260. The van der Waals surface area contributed by atoms with Gasteiger partial charge in [0.1, 0.15) is 5.82 Å². The molecule has 1 aromatic heterocycles. The van der Waals surface area contributed by atoms with Gasteiger partial charge < -0.3 is 15.0 Å². The first-order chi connectivity index (χ1) is 8.29. The zero-order valence-corrected chi connectivity index (χ0v) is 10.5. The van der Waals surface area contributed by atoms with E-state index in [4.69, 9.17) is 4.74 Å². The predicted molar refractivity (Wildman–Crippen MR) is 67.0 cm³/mol. The van der Waals surface area contributed by atoms with Crippen molar-refractivity contribution >= 4 is 5.82 Å². The minimum absolute atomic E-state index is 0.260. The smallest absolute Gasteiger partial charge is 0.147 e. The van der Waals surface area contributed by atoms with Crippen molar-refractivity contribution in [2.24, 2.45) is 0 Å². The largest absolute Gasteiger partial charge is 0.377 e. The van der Waals surface area contributed by atoms with Gasteiger partial charge in [-0.05, 0) is 20.4 Å². The molecule has 0 bridgehead atoms. The fourth-order valence-electron chi connectivity index (χ4n) is 1.99. The number of hydrogen-bond acceptors (Lipinski definition) is 5. The van der Waals surface area contributed by atoms with Crippen molar-refractivity contribution in [2.45, 2.75) is 26.0 Å². The molecule has 5 nitrogen and oxygen atoms in total. The molecule has 0 aliphatic carbocycles. The van der Waals surface area contributed by atoms with E-state index in [0.29, 0.717) is 0 Å². The van der Waals surface area contributed by atoms with Crippen LogP contribution in [0.25, 0.3) is 0 Å². The molecule has 1 fully saturated rings. The zero-order valence-electron chi connectivity index (χ0n) is 10.5. The van der Waals surface area contributed by atoms with Gasteiger partial charge in [-0.3, -0.25) is 4.98 Å². The second kappa shape index (κ2) is 5.93. The van der Waals surface area contributed by atoms with Gasteiger partial charge in [0.25, 0.3) is 0 Å². The van der Waals surface area contributed by atoms with Crippen molar-refractivity contribution < 1.29 is 4.74 Å². The number of nitrogens with one attached hydrogen (secondary N) is 1. The van der Waals surface area contributed by atoms with E-state index in [-0.39, 0.29) is 6.10 Å². The van der Waals surface area contributed by atoms with E-state index >= 15 is 0 Å². The second-order valence-corrected chi connectivity index (χ2v) is 4.38. The monoisotopic (exact) mass is 236 g/mol. The third-order valence-corrected chi connectivity index (χ3v) is 2.83. The summed E-state index contributed by atoms with van der Waals surface area (Å²) < 4.78 is 5.62. The molecule has 1 atom stereocenters. The van der Waals surface area contributed by atoms with E-state index in [1.54, 1.807) is 0 Å². The second-order valence-electron chi connectivity index (χ2n) is 4.38. The Balaban J connectivity index is 2.04. The Labute approximate surface area is 102 Å². The summed E-state index contributed by atoms with van der Waals surface area (Å²) in [6.45, 7) is 5.57. The predicted octanol–water partition coefficient (Wildman–Crippen LogP) is 0.811. The summed E-state index contributed by atoms with van der Waals surface area (Å²) in [5.74, 6) is 0.946. The average Bonchev–Trinajstić information content (AvgIpc) is 2.55. The highest BCUT2D eigenvalue weighted by molar-refractivity contribution is 5.36. The Morgan fingerprint density at radius 2 is 2.35 bits per heavy atom. The molecule has 1 saturated heterocycles. The molecule has 0 aromatic carbocycles. The standard InChI is InChI=1S/C12H20N4O/c1-10-9-16(4-3-5-17-10)12-8-14-11(6-13-2)7-15-12/h7-8,10,13H,3-6,9H2,1-2H3. The van der Waals surface area contributed by atoms with E-state index in [9.17, 15) is 0 Å². The van der Waals surface area contributed by atoms with Crippen LogP contribution in [0.3, 0.4) is 0 Å². The Hall–Kier alpha value is -1.20. The van der Waals surface area contributed by atoms with Gasteiger partial charge in [0.2, 0.25) is 0 Å². The molecule has 1 N–H and O–H groups in total. The Kier molecular flexibility index (Phi) is 4.28.